The highest BCUT2D eigenvalue weighted by Gasteiger charge is 2.38. The molecule has 1 aliphatic carbocycles. The van der Waals surface area contributed by atoms with Crippen molar-refractivity contribution in [2.45, 2.75) is 30.2 Å². The Bertz CT molecular complexity index is 889. The van der Waals surface area contributed by atoms with Crippen LogP contribution in [0.15, 0.2) is 29.3 Å². The van der Waals surface area contributed by atoms with E-state index in [-0.39, 0.29) is 29.1 Å². The maximum Gasteiger partial charge on any atom is 0.276 e. The predicted octanol–water partition coefficient (Wildman–Crippen LogP) is 2.73. The number of amides is 1. The Labute approximate surface area is 158 Å². The SMILES string of the molecule is Cn1cc2c(c1C(=O)Nc1ccc(F)c(F)c1)OCC1CCCC1N[S+]2[O-]. The smallest absolute Gasteiger partial charge is 0.276 e. The van der Waals surface area contributed by atoms with Crippen molar-refractivity contribution in [1.29, 1.82) is 0 Å². The Balaban J connectivity index is 1.63. The van der Waals surface area contributed by atoms with Crippen molar-refractivity contribution in [2.75, 3.05) is 11.9 Å². The molecule has 1 fully saturated rings. The number of halogens is 2. The third-order valence-electron chi connectivity index (χ3n) is 5.05. The highest BCUT2D eigenvalue weighted by molar-refractivity contribution is 7.89. The molecule has 1 saturated carbocycles. The number of aryl methyl sites for hydroxylation is 1. The lowest BCUT2D eigenvalue weighted by atomic mass is 10.1. The number of carbonyl (C=O) groups excluding carboxylic acids is 1. The Kier molecular flexibility index (Phi) is 4.83. The summed E-state index contributed by atoms with van der Waals surface area (Å²) in [6, 6.07) is 3.26. The first-order valence-corrected chi connectivity index (χ1v) is 9.85. The van der Waals surface area contributed by atoms with E-state index < -0.39 is 28.9 Å². The molecule has 0 spiro atoms. The van der Waals surface area contributed by atoms with Gasteiger partial charge in [-0.3, -0.25) is 4.79 Å². The summed E-state index contributed by atoms with van der Waals surface area (Å²) in [5.74, 6) is -2.10. The molecular weight excluding hydrogens is 376 g/mol. The van der Waals surface area contributed by atoms with Crippen molar-refractivity contribution < 1.29 is 22.9 Å². The summed E-state index contributed by atoms with van der Waals surface area (Å²) in [6.45, 7) is 0.428. The van der Waals surface area contributed by atoms with Crippen LogP contribution in [0.1, 0.15) is 29.8 Å². The lowest BCUT2D eigenvalue weighted by Crippen LogP contribution is -2.41. The van der Waals surface area contributed by atoms with Gasteiger partial charge in [0.25, 0.3) is 5.91 Å². The van der Waals surface area contributed by atoms with Crippen molar-refractivity contribution in [3.8, 4) is 5.75 Å². The largest absolute Gasteiger partial charge is 0.593 e. The molecule has 3 unspecified atom stereocenters. The normalized spacial score (nSPS) is 24.4. The van der Waals surface area contributed by atoms with Crippen LogP contribution in [-0.2, 0) is 18.4 Å². The van der Waals surface area contributed by atoms with Crippen molar-refractivity contribution in [1.82, 2.24) is 9.29 Å². The zero-order valence-corrected chi connectivity index (χ0v) is 15.4. The number of nitrogens with zero attached hydrogens (tertiary/aromatic N) is 1. The van der Waals surface area contributed by atoms with E-state index in [9.17, 15) is 18.1 Å². The van der Waals surface area contributed by atoms with Crippen LogP contribution in [-0.4, -0.2) is 27.7 Å². The summed E-state index contributed by atoms with van der Waals surface area (Å²) in [7, 11) is 1.65. The van der Waals surface area contributed by atoms with Gasteiger partial charge in [-0.1, -0.05) is 6.42 Å². The van der Waals surface area contributed by atoms with Crippen LogP contribution in [0.5, 0.6) is 5.75 Å². The minimum absolute atomic E-state index is 0.120. The summed E-state index contributed by atoms with van der Waals surface area (Å²) < 4.78 is 49.8. The van der Waals surface area contributed by atoms with Gasteiger partial charge < -0.3 is 19.2 Å². The van der Waals surface area contributed by atoms with Crippen molar-refractivity contribution >= 4 is 23.0 Å². The molecule has 4 rings (SSSR count). The average Bonchev–Trinajstić information content (AvgIpc) is 3.18. The van der Waals surface area contributed by atoms with Gasteiger partial charge in [-0.25, -0.2) is 8.78 Å². The maximum atomic E-state index is 13.4. The monoisotopic (exact) mass is 395 g/mol. The quantitative estimate of drug-likeness (QED) is 0.767. The number of rotatable bonds is 2. The van der Waals surface area contributed by atoms with Gasteiger partial charge in [0, 0.05) is 24.7 Å². The van der Waals surface area contributed by atoms with Gasteiger partial charge >= 0.3 is 0 Å². The molecule has 2 N–H and O–H groups in total. The Morgan fingerprint density at radius 1 is 1.37 bits per heavy atom. The van der Waals surface area contributed by atoms with Gasteiger partial charge in [-0.05, 0) is 25.0 Å². The van der Waals surface area contributed by atoms with E-state index in [1.54, 1.807) is 13.2 Å². The molecule has 1 aliphatic heterocycles. The second kappa shape index (κ2) is 7.14. The van der Waals surface area contributed by atoms with E-state index in [0.29, 0.717) is 11.5 Å². The van der Waals surface area contributed by atoms with Gasteiger partial charge in [-0.2, -0.15) is 0 Å². The maximum absolute atomic E-state index is 13.4. The van der Waals surface area contributed by atoms with Crippen LogP contribution in [0.2, 0.25) is 0 Å². The molecule has 144 valence electrons. The molecule has 3 atom stereocenters. The predicted molar refractivity (Wildman–Crippen MR) is 95.9 cm³/mol. The number of fused-ring (bicyclic) bond motifs is 2. The molecule has 27 heavy (non-hydrogen) atoms. The van der Waals surface area contributed by atoms with E-state index in [0.717, 1.165) is 31.4 Å². The van der Waals surface area contributed by atoms with E-state index >= 15 is 0 Å². The molecule has 1 amide bonds. The third-order valence-corrected chi connectivity index (χ3v) is 6.26. The van der Waals surface area contributed by atoms with Gasteiger partial charge in [0.2, 0.25) is 10.6 Å². The van der Waals surface area contributed by atoms with Crippen LogP contribution in [0.3, 0.4) is 0 Å². The number of anilines is 1. The highest BCUT2D eigenvalue weighted by atomic mass is 32.2. The lowest BCUT2D eigenvalue weighted by Gasteiger charge is -2.25. The minimum Gasteiger partial charge on any atom is -0.593 e. The lowest BCUT2D eigenvalue weighted by molar-refractivity contribution is 0.101. The summed E-state index contributed by atoms with van der Waals surface area (Å²) >= 11 is -1.50. The molecule has 0 bridgehead atoms. The molecule has 2 aromatic rings. The van der Waals surface area contributed by atoms with Crippen LogP contribution >= 0.6 is 0 Å². The molecule has 1 aromatic heterocycles. The first kappa shape index (κ1) is 18.3. The second-order valence-electron chi connectivity index (χ2n) is 6.86. The van der Waals surface area contributed by atoms with Crippen molar-refractivity contribution in [3.63, 3.8) is 0 Å². The third kappa shape index (κ3) is 3.42. The molecule has 6 nitrogen and oxygen atoms in total. The van der Waals surface area contributed by atoms with E-state index in [1.807, 2.05) is 0 Å². The van der Waals surface area contributed by atoms with Crippen LogP contribution in [0.4, 0.5) is 14.5 Å². The Morgan fingerprint density at radius 3 is 2.96 bits per heavy atom. The molecule has 1 aromatic carbocycles. The van der Waals surface area contributed by atoms with E-state index in [2.05, 4.69) is 10.0 Å². The van der Waals surface area contributed by atoms with Crippen molar-refractivity contribution in [3.05, 3.63) is 41.7 Å². The van der Waals surface area contributed by atoms with Crippen molar-refractivity contribution in [2.24, 2.45) is 13.0 Å². The van der Waals surface area contributed by atoms with Gasteiger partial charge in [0.05, 0.1) is 30.2 Å². The fourth-order valence-electron chi connectivity index (χ4n) is 3.66. The number of ether oxygens (including phenoxy) is 1. The molecule has 0 radical (unpaired) electrons. The fraction of sp³-hybridized carbons (Fsp3) is 0.389. The number of hydrogen-bond acceptors (Lipinski definition) is 4. The second-order valence-corrected chi connectivity index (χ2v) is 8.07. The first-order chi connectivity index (χ1) is 12.9. The first-order valence-electron chi connectivity index (χ1n) is 8.70. The summed E-state index contributed by atoms with van der Waals surface area (Å²) in [5.41, 5.74) is 0.302. The molecule has 9 heteroatoms. The molecule has 0 saturated heterocycles. The molecular formula is C18H19F2N3O3S. The van der Waals surface area contributed by atoms with E-state index in [1.165, 1.54) is 10.6 Å². The Morgan fingerprint density at radius 2 is 2.19 bits per heavy atom. The standard InChI is InChI=1S/C18H19F2N3O3S/c1-23-8-15-17(26-9-10-3-2-4-14(10)22-27(15)25)16(23)18(24)21-11-5-6-12(19)13(20)7-11/h5-8,10,14,22H,2-4,9H2,1H3,(H,21,24). The minimum atomic E-state index is -1.50. The van der Waals surface area contributed by atoms with Crippen LogP contribution in [0.25, 0.3) is 0 Å². The summed E-state index contributed by atoms with van der Waals surface area (Å²) in [4.78, 5) is 13.2. The number of hydrogen-bond donors (Lipinski definition) is 2. The molecule has 2 aliphatic rings. The Hall–Kier alpha value is -2.10. The average molecular weight is 395 g/mol. The van der Waals surface area contributed by atoms with Gasteiger partial charge in [0.15, 0.2) is 17.3 Å². The zero-order valence-electron chi connectivity index (χ0n) is 14.6. The number of nitrogens with one attached hydrogen (secondary N) is 2. The number of carbonyl (C=O) groups is 1. The van der Waals surface area contributed by atoms with Crippen LogP contribution in [0, 0.1) is 17.6 Å². The summed E-state index contributed by atoms with van der Waals surface area (Å²) in [6.07, 6.45) is 4.57. The molecule has 2 heterocycles. The van der Waals surface area contributed by atoms with E-state index in [4.69, 9.17) is 4.74 Å². The fourth-order valence-corrected chi connectivity index (χ4v) is 4.95. The topological polar surface area (TPSA) is 78.4 Å². The van der Waals surface area contributed by atoms with Crippen LogP contribution < -0.4 is 14.8 Å². The van der Waals surface area contributed by atoms with Gasteiger partial charge in [0.1, 0.15) is 0 Å². The number of aromatic nitrogens is 1. The highest BCUT2D eigenvalue weighted by Crippen LogP contribution is 2.36. The number of benzene rings is 1. The zero-order chi connectivity index (χ0) is 19.1. The van der Waals surface area contributed by atoms with Gasteiger partial charge in [-0.15, -0.1) is 4.72 Å². The summed E-state index contributed by atoms with van der Waals surface area (Å²) in [5, 5.41) is 2.53.